The van der Waals surface area contributed by atoms with Crippen LogP contribution < -0.4 is 5.32 Å². The maximum absolute atomic E-state index is 5.51. The van der Waals surface area contributed by atoms with Crippen molar-refractivity contribution in [3.8, 4) is 0 Å². The molecule has 3 heteroatoms. The summed E-state index contributed by atoms with van der Waals surface area (Å²) in [5.41, 5.74) is 1.24. The number of likely N-dealkylation sites (N-methyl/N-ethyl adjacent to an activating group) is 1. The monoisotopic (exact) mass is 230 g/mol. The Hall–Kier alpha value is -1.45. The largest absolute Gasteiger partial charge is 0.380 e. The third kappa shape index (κ3) is 2.62. The zero-order valence-corrected chi connectivity index (χ0v) is 10.3. The zero-order valence-electron chi connectivity index (χ0n) is 10.3. The van der Waals surface area contributed by atoms with Crippen LogP contribution in [0.2, 0.25) is 0 Å². The lowest BCUT2D eigenvalue weighted by Crippen LogP contribution is -2.22. The Morgan fingerprint density at radius 2 is 2.24 bits per heavy atom. The smallest absolute Gasteiger partial charge is 0.0661 e. The van der Waals surface area contributed by atoms with Gasteiger partial charge in [-0.3, -0.25) is 4.98 Å². The van der Waals surface area contributed by atoms with E-state index in [0.29, 0.717) is 6.61 Å². The van der Waals surface area contributed by atoms with Crippen molar-refractivity contribution >= 4 is 10.8 Å². The molecule has 90 valence electrons. The molecule has 0 saturated carbocycles. The van der Waals surface area contributed by atoms with Gasteiger partial charge in [0.05, 0.1) is 12.6 Å². The standard InChI is InChI=1S/C14H18N2O/c1-3-17-10-14(15-2)12-6-4-5-11-7-8-16-9-13(11)12/h4-9,14-15H,3,10H2,1-2H3. The number of hydrogen-bond donors (Lipinski definition) is 1. The lowest BCUT2D eigenvalue weighted by molar-refractivity contribution is 0.125. The van der Waals surface area contributed by atoms with Crippen LogP contribution in [0.4, 0.5) is 0 Å². The van der Waals surface area contributed by atoms with Crippen molar-refractivity contribution in [3.05, 3.63) is 42.2 Å². The third-order valence-corrected chi connectivity index (χ3v) is 2.93. The molecule has 0 saturated heterocycles. The molecule has 1 unspecified atom stereocenters. The number of hydrogen-bond acceptors (Lipinski definition) is 3. The van der Waals surface area contributed by atoms with E-state index in [2.05, 4.69) is 28.5 Å². The van der Waals surface area contributed by atoms with Crippen LogP contribution in [0, 0.1) is 0 Å². The highest BCUT2D eigenvalue weighted by atomic mass is 16.5. The molecule has 0 fully saturated rings. The second kappa shape index (κ2) is 5.75. The molecule has 0 spiro atoms. The first-order valence-electron chi connectivity index (χ1n) is 5.94. The van der Waals surface area contributed by atoms with Gasteiger partial charge in [-0.2, -0.15) is 0 Å². The highest BCUT2D eigenvalue weighted by molar-refractivity contribution is 5.85. The normalized spacial score (nSPS) is 12.8. The summed E-state index contributed by atoms with van der Waals surface area (Å²) in [7, 11) is 1.96. The summed E-state index contributed by atoms with van der Waals surface area (Å²) in [6.45, 7) is 3.43. The molecular formula is C14H18N2O. The predicted molar refractivity (Wildman–Crippen MR) is 70.0 cm³/mol. The van der Waals surface area contributed by atoms with E-state index in [9.17, 15) is 0 Å². The summed E-state index contributed by atoms with van der Waals surface area (Å²) in [5, 5.41) is 5.70. The lowest BCUT2D eigenvalue weighted by atomic mass is 10.0. The highest BCUT2D eigenvalue weighted by Gasteiger charge is 2.12. The van der Waals surface area contributed by atoms with Gasteiger partial charge >= 0.3 is 0 Å². The average Bonchev–Trinajstić information content (AvgIpc) is 2.40. The third-order valence-electron chi connectivity index (χ3n) is 2.93. The SMILES string of the molecule is CCOCC(NC)c1cccc2ccncc12. The van der Waals surface area contributed by atoms with Crippen molar-refractivity contribution in [2.45, 2.75) is 13.0 Å². The number of nitrogens with one attached hydrogen (secondary N) is 1. The first-order valence-corrected chi connectivity index (χ1v) is 5.94. The summed E-state index contributed by atoms with van der Waals surface area (Å²) in [5.74, 6) is 0. The minimum absolute atomic E-state index is 0.211. The number of fused-ring (bicyclic) bond motifs is 1. The maximum Gasteiger partial charge on any atom is 0.0661 e. The van der Waals surface area contributed by atoms with Gasteiger partial charge in [0, 0.05) is 24.4 Å². The van der Waals surface area contributed by atoms with Crippen LogP contribution in [0.25, 0.3) is 10.8 Å². The van der Waals surface area contributed by atoms with Crippen molar-refractivity contribution < 1.29 is 4.74 Å². The summed E-state index contributed by atoms with van der Waals surface area (Å²) in [6, 6.07) is 8.56. The van der Waals surface area contributed by atoms with Crippen LogP contribution in [0.1, 0.15) is 18.5 Å². The van der Waals surface area contributed by atoms with Crippen molar-refractivity contribution in [3.63, 3.8) is 0 Å². The van der Waals surface area contributed by atoms with Gasteiger partial charge in [0.1, 0.15) is 0 Å². The van der Waals surface area contributed by atoms with E-state index in [1.807, 2.05) is 32.4 Å². The molecule has 0 amide bonds. The van der Waals surface area contributed by atoms with Gasteiger partial charge in [-0.25, -0.2) is 0 Å². The Labute approximate surface area is 102 Å². The molecule has 1 aromatic carbocycles. The Morgan fingerprint density at radius 3 is 3.00 bits per heavy atom. The number of pyridine rings is 1. The highest BCUT2D eigenvalue weighted by Crippen LogP contribution is 2.23. The number of nitrogens with zero attached hydrogens (tertiary/aromatic N) is 1. The number of benzene rings is 1. The van der Waals surface area contributed by atoms with E-state index in [0.717, 1.165) is 6.61 Å². The molecule has 1 aromatic heterocycles. The molecule has 0 bridgehead atoms. The molecule has 1 N–H and O–H groups in total. The maximum atomic E-state index is 5.51. The molecule has 3 nitrogen and oxygen atoms in total. The van der Waals surface area contributed by atoms with Gasteiger partial charge in [-0.15, -0.1) is 0 Å². The fraction of sp³-hybridized carbons (Fsp3) is 0.357. The van der Waals surface area contributed by atoms with Crippen LogP contribution in [0.5, 0.6) is 0 Å². The van der Waals surface area contributed by atoms with Crippen molar-refractivity contribution in [2.24, 2.45) is 0 Å². The van der Waals surface area contributed by atoms with Gasteiger partial charge in [-0.1, -0.05) is 18.2 Å². The van der Waals surface area contributed by atoms with Crippen LogP contribution in [0.3, 0.4) is 0 Å². The topological polar surface area (TPSA) is 34.1 Å². The van der Waals surface area contributed by atoms with E-state index >= 15 is 0 Å². The van der Waals surface area contributed by atoms with Crippen LogP contribution in [-0.4, -0.2) is 25.2 Å². The number of ether oxygens (including phenoxy) is 1. The quantitative estimate of drug-likeness (QED) is 0.857. The lowest BCUT2D eigenvalue weighted by Gasteiger charge is -2.18. The molecule has 17 heavy (non-hydrogen) atoms. The minimum Gasteiger partial charge on any atom is -0.380 e. The summed E-state index contributed by atoms with van der Waals surface area (Å²) < 4.78 is 5.51. The molecule has 2 rings (SSSR count). The van der Waals surface area contributed by atoms with Crippen molar-refractivity contribution in [1.29, 1.82) is 0 Å². The van der Waals surface area contributed by atoms with Crippen molar-refractivity contribution in [2.75, 3.05) is 20.3 Å². The molecule has 0 aliphatic rings. The van der Waals surface area contributed by atoms with E-state index in [-0.39, 0.29) is 6.04 Å². The van der Waals surface area contributed by atoms with Gasteiger partial charge in [0.25, 0.3) is 0 Å². The second-order valence-corrected chi connectivity index (χ2v) is 3.94. The molecular weight excluding hydrogens is 212 g/mol. The van der Waals surface area contributed by atoms with Crippen LogP contribution in [0.15, 0.2) is 36.7 Å². The molecule has 2 aromatic rings. The van der Waals surface area contributed by atoms with Gasteiger partial charge in [0.15, 0.2) is 0 Å². The molecule has 1 heterocycles. The number of rotatable bonds is 5. The Balaban J connectivity index is 2.38. The van der Waals surface area contributed by atoms with E-state index in [1.165, 1.54) is 16.3 Å². The molecule has 0 aliphatic carbocycles. The first kappa shape index (κ1) is 12.0. The average molecular weight is 230 g/mol. The van der Waals surface area contributed by atoms with Gasteiger partial charge in [-0.05, 0) is 31.0 Å². The fourth-order valence-electron chi connectivity index (χ4n) is 2.01. The second-order valence-electron chi connectivity index (χ2n) is 3.94. The predicted octanol–water partition coefficient (Wildman–Crippen LogP) is 2.53. The Morgan fingerprint density at radius 1 is 1.35 bits per heavy atom. The van der Waals surface area contributed by atoms with Crippen molar-refractivity contribution in [1.82, 2.24) is 10.3 Å². The first-order chi connectivity index (χ1) is 8.36. The Kier molecular flexibility index (Phi) is 4.07. The van der Waals surface area contributed by atoms with E-state index in [1.54, 1.807) is 0 Å². The van der Waals surface area contributed by atoms with E-state index in [4.69, 9.17) is 4.74 Å². The molecule has 0 aliphatic heterocycles. The summed E-state index contributed by atoms with van der Waals surface area (Å²) in [6.07, 6.45) is 3.74. The minimum atomic E-state index is 0.211. The number of aromatic nitrogens is 1. The van der Waals surface area contributed by atoms with E-state index < -0.39 is 0 Å². The van der Waals surface area contributed by atoms with Crippen LogP contribution >= 0.6 is 0 Å². The summed E-state index contributed by atoms with van der Waals surface area (Å²) >= 11 is 0. The van der Waals surface area contributed by atoms with Gasteiger partial charge < -0.3 is 10.1 Å². The molecule has 1 atom stereocenters. The van der Waals surface area contributed by atoms with Crippen LogP contribution in [-0.2, 0) is 4.74 Å². The fourth-order valence-corrected chi connectivity index (χ4v) is 2.01. The summed E-state index contributed by atoms with van der Waals surface area (Å²) in [4.78, 5) is 4.20. The molecule has 0 radical (unpaired) electrons. The Bertz CT molecular complexity index is 479. The zero-order chi connectivity index (χ0) is 12.1. The van der Waals surface area contributed by atoms with Gasteiger partial charge in [0.2, 0.25) is 0 Å².